The molecule has 2 heterocycles. The molecule has 0 amide bonds. The second kappa shape index (κ2) is 5.35. The fraction of sp³-hybridized carbons (Fsp3) is 0.562. The lowest BCUT2D eigenvalue weighted by Crippen LogP contribution is -2.51. The lowest BCUT2D eigenvalue weighted by atomic mass is 9.81. The molecule has 6 nitrogen and oxygen atoms in total. The molecule has 2 aliphatic rings. The van der Waals surface area contributed by atoms with Gasteiger partial charge in [0.2, 0.25) is 6.04 Å². The summed E-state index contributed by atoms with van der Waals surface area (Å²) in [5.41, 5.74) is 0.0243. The van der Waals surface area contributed by atoms with E-state index in [0.29, 0.717) is 13.0 Å². The van der Waals surface area contributed by atoms with Gasteiger partial charge in [0.05, 0.1) is 13.0 Å². The zero-order chi connectivity index (χ0) is 15.9. The third-order valence-corrected chi connectivity index (χ3v) is 5.32. The monoisotopic (exact) mass is 304 g/mol. The van der Waals surface area contributed by atoms with Crippen LogP contribution in [0.3, 0.4) is 0 Å². The maximum Gasteiger partial charge on any atom is 0.326 e. The molecule has 2 saturated heterocycles. The minimum Gasteiger partial charge on any atom is -0.468 e. The Labute approximate surface area is 129 Å². The van der Waals surface area contributed by atoms with E-state index in [9.17, 15) is 14.9 Å². The number of esters is 1. The van der Waals surface area contributed by atoms with Gasteiger partial charge in [0.25, 0.3) is 0 Å². The van der Waals surface area contributed by atoms with Crippen LogP contribution in [0.5, 0.6) is 0 Å². The molecule has 1 aromatic rings. The molecule has 4 atom stereocenters. The van der Waals surface area contributed by atoms with Gasteiger partial charge in [0.15, 0.2) is 0 Å². The number of methoxy groups -OCH3 is 1. The largest absolute Gasteiger partial charge is 0.468 e. The summed E-state index contributed by atoms with van der Waals surface area (Å²) in [6, 6.07) is 8.27. The van der Waals surface area contributed by atoms with Gasteiger partial charge in [-0.3, -0.25) is 19.8 Å². The summed E-state index contributed by atoms with van der Waals surface area (Å²) < 4.78 is 5.02. The van der Waals surface area contributed by atoms with Crippen LogP contribution in [0.4, 0.5) is 0 Å². The lowest BCUT2D eigenvalue weighted by Gasteiger charge is -2.33. The van der Waals surface area contributed by atoms with Crippen LogP contribution < -0.4 is 0 Å². The molecule has 3 rings (SSSR count). The Morgan fingerprint density at radius 2 is 2.09 bits per heavy atom. The quantitative estimate of drug-likeness (QED) is 0.485. The van der Waals surface area contributed by atoms with Crippen molar-refractivity contribution in [1.82, 2.24) is 4.90 Å². The number of carbonyl (C=O) groups is 1. The maximum absolute atomic E-state index is 12.5. The third kappa shape index (κ3) is 1.86. The Hall–Kier alpha value is -1.95. The highest BCUT2D eigenvalue weighted by Crippen LogP contribution is 2.53. The van der Waals surface area contributed by atoms with Crippen molar-refractivity contribution in [2.75, 3.05) is 13.7 Å². The van der Waals surface area contributed by atoms with E-state index >= 15 is 0 Å². The Kier molecular flexibility index (Phi) is 3.64. The highest BCUT2D eigenvalue weighted by Gasteiger charge is 2.68. The van der Waals surface area contributed by atoms with E-state index in [-0.39, 0.29) is 22.9 Å². The van der Waals surface area contributed by atoms with Gasteiger partial charge in [-0.25, -0.2) is 0 Å². The first-order valence-corrected chi connectivity index (χ1v) is 7.57. The molecule has 1 aromatic carbocycles. The van der Waals surface area contributed by atoms with E-state index in [1.54, 1.807) is 0 Å². The Morgan fingerprint density at radius 3 is 2.68 bits per heavy atom. The van der Waals surface area contributed by atoms with Gasteiger partial charge >= 0.3 is 5.97 Å². The van der Waals surface area contributed by atoms with Gasteiger partial charge in [0, 0.05) is 11.5 Å². The first-order valence-electron chi connectivity index (χ1n) is 7.57. The van der Waals surface area contributed by atoms with Crippen molar-refractivity contribution in [1.29, 1.82) is 0 Å². The van der Waals surface area contributed by atoms with Crippen LogP contribution in [-0.2, 0) is 9.53 Å². The van der Waals surface area contributed by atoms with Crippen molar-refractivity contribution >= 4 is 5.97 Å². The van der Waals surface area contributed by atoms with Crippen molar-refractivity contribution in [2.45, 2.75) is 37.4 Å². The number of hydrogen-bond donors (Lipinski definition) is 0. The molecule has 22 heavy (non-hydrogen) atoms. The van der Waals surface area contributed by atoms with Gasteiger partial charge in [-0.1, -0.05) is 37.3 Å². The minimum atomic E-state index is -0.868. The van der Waals surface area contributed by atoms with E-state index < -0.39 is 11.6 Å². The summed E-state index contributed by atoms with van der Waals surface area (Å²) in [6.45, 7) is 2.50. The number of nitro groups is 1. The molecule has 118 valence electrons. The molecule has 0 aliphatic carbocycles. The maximum atomic E-state index is 12.5. The number of fused-ring (bicyclic) bond motifs is 1. The Morgan fingerprint density at radius 1 is 1.41 bits per heavy atom. The summed E-state index contributed by atoms with van der Waals surface area (Å²) in [7, 11) is 1.36. The van der Waals surface area contributed by atoms with Crippen LogP contribution >= 0.6 is 0 Å². The fourth-order valence-corrected chi connectivity index (χ4v) is 4.39. The zero-order valence-corrected chi connectivity index (χ0v) is 12.8. The van der Waals surface area contributed by atoms with Crippen LogP contribution in [0.25, 0.3) is 0 Å². The van der Waals surface area contributed by atoms with Crippen molar-refractivity contribution in [3.63, 3.8) is 0 Å². The van der Waals surface area contributed by atoms with Gasteiger partial charge in [-0.15, -0.1) is 0 Å². The SMILES string of the molecule is COC(=O)[C@]12CCCN1[C@@H](c1ccccc1)[C@H]([N+](=O)[O-])[C@@H]2C. The van der Waals surface area contributed by atoms with Gasteiger partial charge in [-0.05, 0) is 18.4 Å². The van der Waals surface area contributed by atoms with E-state index in [2.05, 4.69) is 0 Å². The van der Waals surface area contributed by atoms with E-state index in [4.69, 9.17) is 4.74 Å². The summed E-state index contributed by atoms with van der Waals surface area (Å²) in [4.78, 5) is 26.0. The number of ether oxygens (including phenoxy) is 1. The molecule has 0 unspecified atom stereocenters. The third-order valence-electron chi connectivity index (χ3n) is 5.32. The molecule has 2 aliphatic heterocycles. The predicted octanol–water partition coefficient (Wildman–Crippen LogP) is 2.03. The lowest BCUT2D eigenvalue weighted by molar-refractivity contribution is -0.533. The van der Waals surface area contributed by atoms with Crippen LogP contribution in [-0.4, -0.2) is 41.0 Å². The standard InChI is InChI=1S/C16H20N2O4/c1-11-13(18(20)21)14(12-7-4-3-5-8-12)17-10-6-9-16(11,17)15(19)22-2/h3-5,7-8,11,13-14H,6,9-10H2,1-2H3/t11-,13+,14-,16+/m0/s1. The van der Waals surface area contributed by atoms with Crippen LogP contribution in [0, 0.1) is 16.0 Å². The average molecular weight is 304 g/mol. The van der Waals surface area contributed by atoms with Gasteiger partial charge in [-0.2, -0.15) is 0 Å². The minimum absolute atomic E-state index is 0.231. The van der Waals surface area contributed by atoms with Crippen LogP contribution in [0.15, 0.2) is 30.3 Å². The number of carbonyl (C=O) groups excluding carboxylic acids is 1. The summed E-state index contributed by atoms with van der Waals surface area (Å²) in [5, 5.41) is 11.7. The number of hydrogen-bond acceptors (Lipinski definition) is 5. The highest BCUT2D eigenvalue weighted by molar-refractivity contribution is 5.82. The van der Waals surface area contributed by atoms with Crippen molar-refractivity contribution in [3.05, 3.63) is 46.0 Å². The molecule has 0 saturated carbocycles. The summed E-state index contributed by atoms with van der Waals surface area (Å²) in [6.07, 6.45) is 1.47. The second-order valence-corrected chi connectivity index (χ2v) is 6.13. The topological polar surface area (TPSA) is 72.7 Å². The molecule has 0 radical (unpaired) electrons. The molecule has 2 fully saturated rings. The molecule has 0 N–H and O–H groups in total. The first kappa shape index (κ1) is 15.0. The summed E-state index contributed by atoms with van der Waals surface area (Å²) >= 11 is 0. The molecule has 6 heteroatoms. The average Bonchev–Trinajstić information content (AvgIpc) is 3.05. The number of benzene rings is 1. The molecule has 0 bridgehead atoms. The van der Waals surface area contributed by atoms with E-state index in [0.717, 1.165) is 12.0 Å². The smallest absolute Gasteiger partial charge is 0.326 e. The first-order chi connectivity index (χ1) is 10.5. The molecule has 0 spiro atoms. The fourth-order valence-electron chi connectivity index (χ4n) is 4.39. The van der Waals surface area contributed by atoms with Crippen LogP contribution in [0.1, 0.15) is 31.4 Å². The predicted molar refractivity (Wildman–Crippen MR) is 79.8 cm³/mol. The van der Waals surface area contributed by atoms with Crippen LogP contribution in [0.2, 0.25) is 0 Å². The Bertz CT molecular complexity index is 591. The normalized spacial score (nSPS) is 34.4. The zero-order valence-electron chi connectivity index (χ0n) is 12.8. The van der Waals surface area contributed by atoms with Crippen molar-refractivity contribution < 1.29 is 14.5 Å². The van der Waals surface area contributed by atoms with Crippen molar-refractivity contribution in [2.24, 2.45) is 5.92 Å². The summed E-state index contributed by atoms with van der Waals surface area (Å²) in [5.74, 6) is -0.731. The van der Waals surface area contributed by atoms with Crippen molar-refractivity contribution in [3.8, 4) is 0 Å². The molecular formula is C16H20N2O4. The van der Waals surface area contributed by atoms with Gasteiger partial charge in [0.1, 0.15) is 11.6 Å². The van der Waals surface area contributed by atoms with Gasteiger partial charge < -0.3 is 4.74 Å². The molecule has 0 aromatic heterocycles. The highest BCUT2D eigenvalue weighted by atomic mass is 16.6. The number of nitrogens with zero attached hydrogens (tertiary/aromatic N) is 2. The van der Waals surface area contributed by atoms with E-state index in [1.807, 2.05) is 42.2 Å². The second-order valence-electron chi connectivity index (χ2n) is 6.13. The number of rotatable bonds is 3. The Balaban J connectivity index is 2.12. The molecular weight excluding hydrogens is 284 g/mol. The van der Waals surface area contributed by atoms with E-state index in [1.165, 1.54) is 7.11 Å².